The van der Waals surface area contributed by atoms with Crippen molar-refractivity contribution in [3.05, 3.63) is 229 Å². The molecule has 0 amide bonds. The lowest BCUT2D eigenvalue weighted by atomic mass is 9.74. The van der Waals surface area contributed by atoms with Gasteiger partial charge in [-0.1, -0.05) is 121 Å². The van der Waals surface area contributed by atoms with Gasteiger partial charge in [0, 0.05) is 67.6 Å². The van der Waals surface area contributed by atoms with Crippen molar-refractivity contribution < 1.29 is 0 Å². The van der Waals surface area contributed by atoms with Crippen LogP contribution in [0.5, 0.6) is 0 Å². The Labute approximate surface area is 382 Å². The molecule has 4 heterocycles. The Balaban J connectivity index is 0.971. The second-order valence-electron chi connectivity index (χ2n) is 18.0. The summed E-state index contributed by atoms with van der Waals surface area (Å²) in [5.41, 5.74) is 25.1. The van der Waals surface area contributed by atoms with Crippen LogP contribution in [0.1, 0.15) is 22.3 Å². The Kier molecular flexibility index (Phi) is 8.20. The molecule has 0 saturated heterocycles. The van der Waals surface area contributed by atoms with E-state index in [-0.39, 0.29) is 0 Å². The Morgan fingerprint density at radius 2 is 0.712 bits per heavy atom. The molecule has 2 aliphatic carbocycles. The molecule has 0 spiro atoms. The fourth-order valence-electron chi connectivity index (χ4n) is 11.4. The minimum absolute atomic E-state index is 0.961. The second-order valence-corrected chi connectivity index (χ2v) is 18.0. The van der Waals surface area contributed by atoms with Crippen molar-refractivity contribution >= 4 is 43.6 Å². The van der Waals surface area contributed by atoms with Crippen molar-refractivity contribution in [3.63, 3.8) is 0 Å². The molecule has 0 atom stereocenters. The summed E-state index contributed by atoms with van der Waals surface area (Å²) in [4.78, 5) is 10.0. The van der Waals surface area contributed by atoms with Gasteiger partial charge in [-0.15, -0.1) is 0 Å². The summed E-state index contributed by atoms with van der Waals surface area (Å²) in [7, 11) is 0. The minimum atomic E-state index is 0.961. The number of fused-ring (bicyclic) bond motifs is 8. The Morgan fingerprint density at radius 1 is 0.318 bits per heavy atom. The van der Waals surface area contributed by atoms with E-state index in [1.807, 2.05) is 12.4 Å². The van der Waals surface area contributed by atoms with Crippen LogP contribution >= 0.6 is 0 Å². The van der Waals surface area contributed by atoms with Crippen LogP contribution in [-0.2, 0) is 25.7 Å². The van der Waals surface area contributed by atoms with E-state index in [0.29, 0.717) is 0 Å². The SMILES string of the molecule is c1ccc(-c2ccc(-c3ccc4c(c3)c3cc5c6c(c3n4-c3ccccc3)CCc3c-6c(cc4c6cc(-c7ccc(-c8ccccc8)cn7)ccc6n(-c6ccccc6)c34)CC5)nc2)cc1. The lowest BCUT2D eigenvalue weighted by molar-refractivity contribution is 0.883. The quantitative estimate of drug-likeness (QED) is 0.167. The van der Waals surface area contributed by atoms with E-state index in [1.54, 1.807) is 0 Å². The largest absolute Gasteiger partial charge is 0.309 e. The number of hydrogen-bond donors (Lipinski definition) is 0. The van der Waals surface area contributed by atoms with Gasteiger partial charge in [0.2, 0.25) is 0 Å². The highest BCUT2D eigenvalue weighted by atomic mass is 15.0. The fraction of sp³-hybridized carbons (Fsp3) is 0.0645. The van der Waals surface area contributed by atoms with E-state index >= 15 is 0 Å². The van der Waals surface area contributed by atoms with E-state index < -0.39 is 0 Å². The van der Waals surface area contributed by atoms with Crippen LogP contribution in [0.3, 0.4) is 0 Å². The molecule has 0 N–H and O–H groups in total. The van der Waals surface area contributed by atoms with Gasteiger partial charge in [-0.05, 0) is 143 Å². The third kappa shape index (κ3) is 5.64. The maximum Gasteiger partial charge on any atom is 0.0702 e. The first-order valence-corrected chi connectivity index (χ1v) is 23.1. The highest BCUT2D eigenvalue weighted by Gasteiger charge is 2.33. The van der Waals surface area contributed by atoms with Gasteiger partial charge in [0.25, 0.3) is 0 Å². The minimum Gasteiger partial charge on any atom is -0.309 e. The molecular formula is C62H42N4. The zero-order valence-corrected chi connectivity index (χ0v) is 36.2. The van der Waals surface area contributed by atoms with E-state index in [0.717, 1.165) is 59.3 Å². The van der Waals surface area contributed by atoms with Gasteiger partial charge in [-0.2, -0.15) is 0 Å². The fourth-order valence-corrected chi connectivity index (χ4v) is 11.4. The average molecular weight is 843 g/mol. The lowest BCUT2D eigenvalue weighted by Crippen LogP contribution is -2.16. The number of benzene rings is 8. The molecule has 2 aliphatic rings. The number of aromatic nitrogens is 4. The first-order valence-electron chi connectivity index (χ1n) is 23.1. The van der Waals surface area contributed by atoms with Gasteiger partial charge < -0.3 is 9.13 Å². The van der Waals surface area contributed by atoms with Gasteiger partial charge >= 0.3 is 0 Å². The molecule has 8 aromatic carbocycles. The summed E-state index contributed by atoms with van der Waals surface area (Å²) >= 11 is 0. The van der Waals surface area contributed by atoms with E-state index in [9.17, 15) is 0 Å². The topological polar surface area (TPSA) is 35.6 Å². The number of aryl methyl sites for hydroxylation is 4. The first-order chi connectivity index (χ1) is 32.7. The molecule has 0 fully saturated rings. The van der Waals surface area contributed by atoms with Gasteiger partial charge in [0.1, 0.15) is 0 Å². The molecule has 4 nitrogen and oxygen atoms in total. The highest BCUT2D eigenvalue weighted by molar-refractivity contribution is 6.17. The molecule has 310 valence electrons. The smallest absolute Gasteiger partial charge is 0.0702 e. The normalized spacial score (nSPS) is 12.9. The number of nitrogens with zero attached hydrogens (tertiary/aromatic N) is 4. The van der Waals surface area contributed by atoms with Crippen molar-refractivity contribution in [2.45, 2.75) is 25.7 Å². The Hall–Kier alpha value is -8.34. The molecule has 0 radical (unpaired) electrons. The summed E-state index contributed by atoms with van der Waals surface area (Å²) in [6, 6.07) is 70.7. The van der Waals surface area contributed by atoms with Gasteiger partial charge in [0.05, 0.1) is 33.5 Å². The molecule has 4 heteroatoms. The second kappa shape index (κ2) is 14.6. The molecular weight excluding hydrogens is 801 g/mol. The van der Waals surface area contributed by atoms with Crippen molar-refractivity contribution in [1.82, 2.24) is 19.1 Å². The van der Waals surface area contributed by atoms with Crippen LogP contribution in [0.4, 0.5) is 0 Å². The summed E-state index contributed by atoms with van der Waals surface area (Å²) in [5, 5.41) is 5.20. The molecule has 0 saturated carbocycles. The van der Waals surface area contributed by atoms with Gasteiger partial charge in [-0.3, -0.25) is 9.97 Å². The summed E-state index contributed by atoms with van der Waals surface area (Å²) in [6.07, 6.45) is 7.96. The van der Waals surface area contributed by atoms with Crippen molar-refractivity contribution in [3.8, 4) is 67.3 Å². The predicted octanol–water partition coefficient (Wildman–Crippen LogP) is 15.2. The lowest BCUT2D eigenvalue weighted by Gasteiger charge is -2.31. The Morgan fingerprint density at radius 3 is 1.11 bits per heavy atom. The highest BCUT2D eigenvalue weighted by Crippen LogP contribution is 2.51. The van der Waals surface area contributed by atoms with E-state index in [4.69, 9.17) is 9.97 Å². The zero-order valence-electron chi connectivity index (χ0n) is 36.2. The molecule has 66 heavy (non-hydrogen) atoms. The molecule has 0 aliphatic heterocycles. The standard InChI is InChI=1S/C62H42N4/c1-5-13-39(14-6-1)45-23-29-55(63-37-45)41-25-31-57-51(33-41)53-35-43-21-22-44-36-54-52-34-42(56-30-24-46(38-64-56)40-15-7-2-8-16-40)26-32-58(52)66(48-19-11-4-12-20-48)62(54)50-28-27-49(59(43)60(44)50)61(53)65(57)47-17-9-3-10-18-47/h1-20,23-26,29-38H,21-22,27-28H2. The molecule has 0 bridgehead atoms. The third-order valence-corrected chi connectivity index (χ3v) is 14.4. The average Bonchev–Trinajstić information content (AvgIpc) is 3.91. The number of hydrogen-bond acceptors (Lipinski definition) is 2. The van der Waals surface area contributed by atoms with Gasteiger partial charge in [0.15, 0.2) is 0 Å². The maximum absolute atomic E-state index is 5.01. The van der Waals surface area contributed by atoms with Crippen LogP contribution in [0, 0.1) is 0 Å². The van der Waals surface area contributed by atoms with Crippen molar-refractivity contribution in [2.24, 2.45) is 0 Å². The molecule has 0 unspecified atom stereocenters. The van der Waals surface area contributed by atoms with E-state index in [1.165, 1.54) is 99.5 Å². The number of para-hydroxylation sites is 2. The molecule has 12 aromatic rings. The first kappa shape index (κ1) is 37.1. The Bertz CT molecular complexity index is 3610. The van der Waals surface area contributed by atoms with Crippen LogP contribution < -0.4 is 0 Å². The number of pyridine rings is 2. The summed E-state index contributed by atoms with van der Waals surface area (Å²) in [5.74, 6) is 0. The summed E-state index contributed by atoms with van der Waals surface area (Å²) < 4.78 is 5.08. The third-order valence-electron chi connectivity index (χ3n) is 14.4. The van der Waals surface area contributed by atoms with Crippen LogP contribution in [-0.4, -0.2) is 19.1 Å². The zero-order chi connectivity index (χ0) is 43.3. The maximum atomic E-state index is 5.01. The number of rotatable bonds is 6. The van der Waals surface area contributed by atoms with Crippen LogP contribution in [0.25, 0.3) is 111 Å². The van der Waals surface area contributed by atoms with Crippen molar-refractivity contribution in [2.75, 3.05) is 0 Å². The van der Waals surface area contributed by atoms with Crippen LogP contribution in [0.2, 0.25) is 0 Å². The monoisotopic (exact) mass is 842 g/mol. The van der Waals surface area contributed by atoms with Crippen LogP contribution in [0.15, 0.2) is 207 Å². The molecule has 14 rings (SSSR count). The van der Waals surface area contributed by atoms with Gasteiger partial charge in [-0.25, -0.2) is 0 Å². The van der Waals surface area contributed by atoms with Crippen molar-refractivity contribution in [1.29, 1.82) is 0 Å². The predicted molar refractivity (Wildman–Crippen MR) is 273 cm³/mol. The van der Waals surface area contributed by atoms with E-state index in [2.05, 4.69) is 203 Å². The molecule has 4 aromatic heterocycles. The summed E-state index contributed by atoms with van der Waals surface area (Å²) in [6.45, 7) is 0.